The summed E-state index contributed by atoms with van der Waals surface area (Å²) in [6.45, 7) is 2.27. The van der Waals surface area contributed by atoms with Gasteiger partial charge in [0, 0.05) is 13.1 Å². The number of hydrogen-bond acceptors (Lipinski definition) is 5. The van der Waals surface area contributed by atoms with Crippen molar-refractivity contribution in [3.05, 3.63) is 5.69 Å². The molecule has 1 fully saturated rings. The molecule has 1 aromatic rings. The summed E-state index contributed by atoms with van der Waals surface area (Å²) in [4.78, 5) is 13.4. The standard InChI is InChI=1S/C7H11N5O2/c8-6-5(9-11-10-6)7(13)12-1-3-14-4-2-12/h1-4H2,(H3,8,9,10,11). The molecule has 0 atom stereocenters. The van der Waals surface area contributed by atoms with Gasteiger partial charge in [0.2, 0.25) is 0 Å². The molecule has 0 aromatic carbocycles. The van der Waals surface area contributed by atoms with Crippen LogP contribution in [0.3, 0.4) is 0 Å². The molecule has 0 saturated carbocycles. The molecule has 7 heteroatoms. The minimum Gasteiger partial charge on any atom is -0.380 e. The van der Waals surface area contributed by atoms with Crippen LogP contribution in [0.5, 0.6) is 0 Å². The second-order valence-electron chi connectivity index (χ2n) is 2.96. The van der Waals surface area contributed by atoms with Crippen molar-refractivity contribution < 1.29 is 9.53 Å². The lowest BCUT2D eigenvalue weighted by Crippen LogP contribution is -2.41. The van der Waals surface area contributed by atoms with E-state index in [0.717, 1.165) is 0 Å². The van der Waals surface area contributed by atoms with E-state index in [-0.39, 0.29) is 17.4 Å². The number of aromatic amines is 1. The molecule has 14 heavy (non-hydrogen) atoms. The molecule has 0 radical (unpaired) electrons. The van der Waals surface area contributed by atoms with Gasteiger partial charge in [-0.2, -0.15) is 5.21 Å². The van der Waals surface area contributed by atoms with Crippen LogP contribution in [0, 0.1) is 0 Å². The zero-order chi connectivity index (χ0) is 9.97. The number of ether oxygens (including phenoxy) is 1. The van der Waals surface area contributed by atoms with Crippen LogP contribution in [0.15, 0.2) is 0 Å². The molecular weight excluding hydrogens is 186 g/mol. The van der Waals surface area contributed by atoms with Gasteiger partial charge < -0.3 is 15.4 Å². The van der Waals surface area contributed by atoms with Gasteiger partial charge >= 0.3 is 0 Å². The predicted molar refractivity (Wildman–Crippen MR) is 47.5 cm³/mol. The summed E-state index contributed by atoms with van der Waals surface area (Å²) in [6, 6.07) is 0. The van der Waals surface area contributed by atoms with E-state index in [9.17, 15) is 4.79 Å². The number of nitrogen functional groups attached to an aromatic ring is 1. The normalized spacial score (nSPS) is 17.0. The van der Waals surface area contributed by atoms with Crippen molar-refractivity contribution in [2.75, 3.05) is 32.0 Å². The Kier molecular flexibility index (Phi) is 2.32. The number of nitrogens with one attached hydrogen (secondary N) is 1. The van der Waals surface area contributed by atoms with E-state index in [1.54, 1.807) is 4.90 Å². The van der Waals surface area contributed by atoms with Crippen LogP contribution in [0.25, 0.3) is 0 Å². The van der Waals surface area contributed by atoms with Gasteiger partial charge in [-0.25, -0.2) is 0 Å². The Bertz CT molecular complexity index is 331. The van der Waals surface area contributed by atoms with Crippen LogP contribution in [0.2, 0.25) is 0 Å². The Morgan fingerprint density at radius 1 is 1.43 bits per heavy atom. The van der Waals surface area contributed by atoms with Crippen LogP contribution < -0.4 is 5.73 Å². The van der Waals surface area contributed by atoms with Gasteiger partial charge in [0.05, 0.1) is 13.2 Å². The Labute approximate surface area is 80.2 Å². The fourth-order valence-corrected chi connectivity index (χ4v) is 1.31. The fraction of sp³-hybridized carbons (Fsp3) is 0.571. The molecule has 2 rings (SSSR count). The molecule has 2 heterocycles. The van der Waals surface area contributed by atoms with Gasteiger partial charge in [-0.1, -0.05) is 0 Å². The van der Waals surface area contributed by atoms with Crippen LogP contribution in [-0.4, -0.2) is 52.5 Å². The van der Waals surface area contributed by atoms with Gasteiger partial charge in [0.15, 0.2) is 11.5 Å². The summed E-state index contributed by atoms with van der Waals surface area (Å²) in [7, 11) is 0. The van der Waals surface area contributed by atoms with Gasteiger partial charge in [0.1, 0.15) is 0 Å². The summed E-state index contributed by atoms with van der Waals surface area (Å²) in [5.41, 5.74) is 5.65. The number of aromatic nitrogens is 3. The third kappa shape index (κ3) is 1.53. The molecule has 0 unspecified atom stereocenters. The van der Waals surface area contributed by atoms with Gasteiger partial charge in [0.25, 0.3) is 5.91 Å². The summed E-state index contributed by atoms with van der Waals surface area (Å²) in [5.74, 6) is -0.0546. The highest BCUT2D eigenvalue weighted by Crippen LogP contribution is 2.08. The molecule has 1 aliphatic rings. The van der Waals surface area contributed by atoms with Crippen molar-refractivity contribution in [1.82, 2.24) is 20.3 Å². The molecular formula is C7H11N5O2. The largest absolute Gasteiger partial charge is 0.380 e. The Balaban J connectivity index is 2.11. The first-order valence-corrected chi connectivity index (χ1v) is 4.32. The van der Waals surface area contributed by atoms with E-state index in [2.05, 4.69) is 15.4 Å². The van der Waals surface area contributed by atoms with Crippen LogP contribution in [0.4, 0.5) is 5.82 Å². The van der Waals surface area contributed by atoms with Crippen molar-refractivity contribution in [2.24, 2.45) is 0 Å². The first kappa shape index (κ1) is 8.95. The van der Waals surface area contributed by atoms with Crippen molar-refractivity contribution >= 4 is 11.7 Å². The van der Waals surface area contributed by atoms with Gasteiger partial charge in [-0.05, 0) is 0 Å². The maximum Gasteiger partial charge on any atom is 0.278 e. The number of carbonyl (C=O) groups is 1. The molecule has 0 spiro atoms. The number of nitrogens with zero attached hydrogens (tertiary/aromatic N) is 3. The van der Waals surface area contributed by atoms with E-state index in [1.807, 2.05) is 0 Å². The minimum atomic E-state index is -0.195. The molecule has 0 bridgehead atoms. The van der Waals surface area contributed by atoms with Crippen LogP contribution >= 0.6 is 0 Å². The number of anilines is 1. The molecule has 0 aliphatic carbocycles. The topological polar surface area (TPSA) is 97.1 Å². The molecule has 1 amide bonds. The Hall–Kier alpha value is -1.63. The summed E-state index contributed by atoms with van der Waals surface area (Å²) >= 11 is 0. The average Bonchev–Trinajstić information content (AvgIpc) is 2.65. The molecule has 7 nitrogen and oxygen atoms in total. The monoisotopic (exact) mass is 197 g/mol. The molecule has 1 aliphatic heterocycles. The van der Waals surface area contributed by atoms with Crippen molar-refractivity contribution in [1.29, 1.82) is 0 Å². The van der Waals surface area contributed by atoms with E-state index < -0.39 is 0 Å². The highest BCUT2D eigenvalue weighted by atomic mass is 16.5. The maximum atomic E-state index is 11.7. The summed E-state index contributed by atoms with van der Waals surface area (Å²) < 4.78 is 5.13. The predicted octanol–water partition coefficient (Wildman–Crippen LogP) is -1.14. The van der Waals surface area contributed by atoms with E-state index >= 15 is 0 Å². The van der Waals surface area contributed by atoms with E-state index in [0.29, 0.717) is 26.3 Å². The SMILES string of the molecule is Nc1n[nH]nc1C(=O)N1CCOCC1. The van der Waals surface area contributed by atoms with E-state index in [4.69, 9.17) is 10.5 Å². The third-order valence-electron chi connectivity index (χ3n) is 2.08. The number of rotatable bonds is 1. The number of morpholine rings is 1. The smallest absolute Gasteiger partial charge is 0.278 e. The average molecular weight is 197 g/mol. The fourth-order valence-electron chi connectivity index (χ4n) is 1.31. The molecule has 1 saturated heterocycles. The Morgan fingerprint density at radius 2 is 2.14 bits per heavy atom. The quantitative estimate of drug-likeness (QED) is 0.593. The Morgan fingerprint density at radius 3 is 2.71 bits per heavy atom. The number of hydrogen-bond donors (Lipinski definition) is 2. The second-order valence-corrected chi connectivity index (χ2v) is 2.96. The molecule has 3 N–H and O–H groups in total. The minimum absolute atomic E-state index is 0.140. The van der Waals surface area contributed by atoms with Crippen LogP contribution in [0.1, 0.15) is 10.5 Å². The van der Waals surface area contributed by atoms with Crippen molar-refractivity contribution in [3.63, 3.8) is 0 Å². The number of nitrogens with two attached hydrogens (primary N) is 1. The number of carbonyl (C=O) groups excluding carboxylic acids is 1. The summed E-state index contributed by atoms with van der Waals surface area (Å²) in [6.07, 6.45) is 0. The zero-order valence-corrected chi connectivity index (χ0v) is 7.56. The summed E-state index contributed by atoms with van der Waals surface area (Å²) in [5, 5.41) is 9.61. The zero-order valence-electron chi connectivity index (χ0n) is 7.56. The molecule has 76 valence electrons. The lowest BCUT2D eigenvalue weighted by molar-refractivity contribution is 0.0299. The van der Waals surface area contributed by atoms with Crippen molar-refractivity contribution in [2.45, 2.75) is 0 Å². The van der Waals surface area contributed by atoms with Crippen LogP contribution in [-0.2, 0) is 4.74 Å². The second kappa shape index (κ2) is 3.62. The number of H-pyrrole nitrogens is 1. The lowest BCUT2D eigenvalue weighted by Gasteiger charge is -2.25. The maximum absolute atomic E-state index is 11.7. The van der Waals surface area contributed by atoms with Gasteiger partial charge in [-0.3, -0.25) is 4.79 Å². The first-order chi connectivity index (χ1) is 6.79. The number of amides is 1. The van der Waals surface area contributed by atoms with E-state index in [1.165, 1.54) is 0 Å². The highest BCUT2D eigenvalue weighted by Gasteiger charge is 2.22. The lowest BCUT2D eigenvalue weighted by atomic mass is 10.3. The van der Waals surface area contributed by atoms with Gasteiger partial charge in [-0.15, -0.1) is 10.2 Å². The third-order valence-corrected chi connectivity index (χ3v) is 2.08. The van der Waals surface area contributed by atoms with Crippen molar-refractivity contribution in [3.8, 4) is 0 Å². The first-order valence-electron chi connectivity index (χ1n) is 4.32. The molecule has 1 aromatic heterocycles. The highest BCUT2D eigenvalue weighted by molar-refractivity contribution is 5.96.